The van der Waals surface area contributed by atoms with Crippen molar-refractivity contribution >= 4 is 22.6 Å². The van der Waals surface area contributed by atoms with Gasteiger partial charge in [-0.3, -0.25) is 9.48 Å². The first-order valence-corrected chi connectivity index (χ1v) is 8.84. The smallest absolute Gasteiger partial charge is 0.257 e. The predicted octanol–water partition coefficient (Wildman–Crippen LogP) is 2.10. The van der Waals surface area contributed by atoms with Crippen molar-refractivity contribution in [3.63, 3.8) is 0 Å². The van der Waals surface area contributed by atoms with Crippen LogP contribution in [0.3, 0.4) is 0 Å². The maximum Gasteiger partial charge on any atom is 0.257 e. The zero-order valence-corrected chi connectivity index (χ0v) is 15.0. The van der Waals surface area contributed by atoms with Crippen LogP contribution in [0.25, 0.3) is 10.9 Å². The lowest BCUT2D eigenvalue weighted by atomic mass is 10.0. The Morgan fingerprint density at radius 1 is 1.27 bits per heavy atom. The third-order valence-electron chi connectivity index (χ3n) is 5.04. The normalized spacial score (nSPS) is 17.5. The number of anilines is 1. The number of rotatable bonds is 3. The van der Waals surface area contributed by atoms with E-state index >= 15 is 0 Å². The van der Waals surface area contributed by atoms with E-state index < -0.39 is 0 Å². The van der Waals surface area contributed by atoms with E-state index in [9.17, 15) is 4.79 Å². The maximum atomic E-state index is 12.7. The lowest BCUT2D eigenvalue weighted by Gasteiger charge is -2.38. The van der Waals surface area contributed by atoms with Gasteiger partial charge in [0.05, 0.1) is 17.3 Å². The van der Waals surface area contributed by atoms with Crippen LogP contribution in [0, 0.1) is 0 Å². The fraction of sp³-hybridized carbons (Fsp3) is 0.368. The summed E-state index contributed by atoms with van der Waals surface area (Å²) >= 11 is 0. The van der Waals surface area contributed by atoms with E-state index in [1.165, 1.54) is 0 Å². The van der Waals surface area contributed by atoms with Crippen LogP contribution in [0.2, 0.25) is 0 Å². The van der Waals surface area contributed by atoms with Crippen molar-refractivity contribution < 1.29 is 4.79 Å². The van der Waals surface area contributed by atoms with Crippen LogP contribution < -0.4 is 4.90 Å². The Kier molecular flexibility index (Phi) is 4.28. The molecule has 7 heteroatoms. The molecule has 4 rings (SSSR count). The lowest BCUT2D eigenvalue weighted by molar-refractivity contribution is 0.0717. The van der Waals surface area contributed by atoms with Gasteiger partial charge < -0.3 is 9.80 Å². The number of likely N-dealkylation sites (N-methyl/N-ethyl adjacent to an activating group) is 1. The SMILES string of the molecule is CN(C(=O)c1cnn(C)c1)C1CCCN(c2ncnc3ccccc23)C1. The van der Waals surface area contributed by atoms with Crippen LogP contribution in [0.4, 0.5) is 5.82 Å². The molecule has 0 N–H and O–H groups in total. The van der Waals surface area contributed by atoms with Crippen LogP contribution >= 0.6 is 0 Å². The topological polar surface area (TPSA) is 67.2 Å². The van der Waals surface area contributed by atoms with Crippen molar-refractivity contribution in [2.75, 3.05) is 25.0 Å². The molecule has 0 saturated carbocycles. The summed E-state index contributed by atoms with van der Waals surface area (Å²) in [5, 5.41) is 5.16. The zero-order valence-electron chi connectivity index (χ0n) is 15.0. The van der Waals surface area contributed by atoms with E-state index in [1.807, 2.05) is 37.2 Å². The third-order valence-corrected chi connectivity index (χ3v) is 5.04. The highest BCUT2D eigenvalue weighted by Gasteiger charge is 2.28. The van der Waals surface area contributed by atoms with Crippen LogP contribution in [0.15, 0.2) is 43.0 Å². The zero-order chi connectivity index (χ0) is 18.1. The first-order chi connectivity index (χ1) is 12.6. The van der Waals surface area contributed by atoms with Crippen LogP contribution in [-0.4, -0.2) is 56.7 Å². The molecule has 0 radical (unpaired) electrons. The standard InChI is InChI=1S/C19H22N6O/c1-23-11-14(10-22-23)19(26)24(2)15-6-5-9-25(12-15)18-16-7-3-4-8-17(16)20-13-21-18/h3-4,7-8,10-11,13,15H,5-6,9,12H2,1-2H3. The van der Waals surface area contributed by atoms with E-state index in [0.29, 0.717) is 5.56 Å². The number of piperidine rings is 1. The Bertz CT molecular complexity index is 931. The number of amides is 1. The number of hydrogen-bond donors (Lipinski definition) is 0. The molecule has 7 nitrogen and oxygen atoms in total. The quantitative estimate of drug-likeness (QED) is 0.724. The molecule has 1 saturated heterocycles. The Balaban J connectivity index is 1.56. The van der Waals surface area contributed by atoms with Crippen molar-refractivity contribution in [2.45, 2.75) is 18.9 Å². The fourth-order valence-corrected chi connectivity index (χ4v) is 3.61. The molecule has 2 aromatic heterocycles. The molecule has 1 aliphatic heterocycles. The number of fused-ring (bicyclic) bond motifs is 1. The first kappa shape index (κ1) is 16.5. The van der Waals surface area contributed by atoms with E-state index in [1.54, 1.807) is 23.4 Å². The average Bonchev–Trinajstić information content (AvgIpc) is 3.13. The summed E-state index contributed by atoms with van der Waals surface area (Å²) in [6, 6.07) is 8.19. The monoisotopic (exact) mass is 350 g/mol. The van der Waals surface area contributed by atoms with Crippen LogP contribution in [-0.2, 0) is 7.05 Å². The van der Waals surface area contributed by atoms with Gasteiger partial charge in [-0.05, 0) is 25.0 Å². The Labute approximate surface area is 152 Å². The minimum absolute atomic E-state index is 0.0116. The molecule has 1 aromatic carbocycles. The highest BCUT2D eigenvalue weighted by molar-refractivity contribution is 5.94. The molecule has 0 aliphatic carbocycles. The predicted molar refractivity (Wildman–Crippen MR) is 100 cm³/mol. The van der Waals surface area contributed by atoms with E-state index in [2.05, 4.69) is 26.0 Å². The summed E-state index contributed by atoms with van der Waals surface area (Å²) in [6.07, 6.45) is 7.01. The van der Waals surface area contributed by atoms with Gasteiger partial charge in [0.2, 0.25) is 0 Å². The lowest BCUT2D eigenvalue weighted by Crippen LogP contribution is -2.48. The molecule has 1 aliphatic rings. The minimum atomic E-state index is 0.0116. The van der Waals surface area contributed by atoms with Gasteiger partial charge in [-0.2, -0.15) is 5.10 Å². The van der Waals surface area contributed by atoms with Crippen molar-refractivity contribution in [1.29, 1.82) is 0 Å². The maximum absolute atomic E-state index is 12.7. The largest absolute Gasteiger partial charge is 0.354 e. The summed E-state index contributed by atoms with van der Waals surface area (Å²) < 4.78 is 1.65. The fourth-order valence-electron chi connectivity index (χ4n) is 3.61. The van der Waals surface area contributed by atoms with Gasteiger partial charge in [-0.1, -0.05) is 12.1 Å². The highest BCUT2D eigenvalue weighted by atomic mass is 16.2. The van der Waals surface area contributed by atoms with Crippen molar-refractivity contribution in [2.24, 2.45) is 7.05 Å². The minimum Gasteiger partial charge on any atom is -0.354 e. The van der Waals surface area contributed by atoms with Gasteiger partial charge in [-0.25, -0.2) is 9.97 Å². The molecule has 3 heterocycles. The van der Waals surface area contributed by atoms with E-state index in [4.69, 9.17) is 0 Å². The summed E-state index contributed by atoms with van der Waals surface area (Å²) in [6.45, 7) is 1.70. The number of aromatic nitrogens is 4. The van der Waals surface area contributed by atoms with Gasteiger partial charge in [0.1, 0.15) is 12.1 Å². The average molecular weight is 350 g/mol. The number of hydrogen-bond acceptors (Lipinski definition) is 5. The van der Waals surface area contributed by atoms with Gasteiger partial charge >= 0.3 is 0 Å². The van der Waals surface area contributed by atoms with Crippen molar-refractivity contribution in [3.05, 3.63) is 48.5 Å². The number of aryl methyl sites for hydroxylation is 1. The number of benzene rings is 1. The second kappa shape index (κ2) is 6.74. The summed E-state index contributed by atoms with van der Waals surface area (Å²) in [5.74, 6) is 0.958. The number of carbonyl (C=O) groups excluding carboxylic acids is 1. The molecule has 1 fully saturated rings. The Morgan fingerprint density at radius 2 is 2.12 bits per heavy atom. The second-order valence-electron chi connectivity index (χ2n) is 6.78. The van der Waals surface area contributed by atoms with Crippen LogP contribution in [0.1, 0.15) is 23.2 Å². The number of nitrogens with zero attached hydrogens (tertiary/aromatic N) is 6. The third kappa shape index (κ3) is 3.00. The molecule has 3 aromatic rings. The molecular weight excluding hydrogens is 328 g/mol. The van der Waals surface area contributed by atoms with Crippen molar-refractivity contribution in [3.8, 4) is 0 Å². The molecule has 0 spiro atoms. The summed E-state index contributed by atoms with van der Waals surface area (Å²) in [7, 11) is 3.70. The second-order valence-corrected chi connectivity index (χ2v) is 6.78. The highest BCUT2D eigenvalue weighted by Crippen LogP contribution is 2.27. The van der Waals surface area contributed by atoms with Gasteiger partial charge in [0.25, 0.3) is 5.91 Å². The molecule has 134 valence electrons. The molecule has 26 heavy (non-hydrogen) atoms. The molecular formula is C19H22N6O. The molecule has 0 bridgehead atoms. The van der Waals surface area contributed by atoms with Crippen molar-refractivity contribution in [1.82, 2.24) is 24.6 Å². The summed E-state index contributed by atoms with van der Waals surface area (Å²) in [4.78, 5) is 25.7. The molecule has 1 atom stereocenters. The summed E-state index contributed by atoms with van der Waals surface area (Å²) in [5.41, 5.74) is 1.57. The Morgan fingerprint density at radius 3 is 2.92 bits per heavy atom. The van der Waals surface area contributed by atoms with Gasteiger partial charge in [-0.15, -0.1) is 0 Å². The van der Waals surface area contributed by atoms with Crippen LogP contribution in [0.5, 0.6) is 0 Å². The number of para-hydroxylation sites is 1. The first-order valence-electron chi connectivity index (χ1n) is 8.84. The van der Waals surface area contributed by atoms with E-state index in [0.717, 1.165) is 42.7 Å². The molecule has 1 amide bonds. The van der Waals surface area contributed by atoms with E-state index in [-0.39, 0.29) is 11.9 Å². The molecule has 1 unspecified atom stereocenters. The number of carbonyl (C=O) groups is 1. The Hall–Kier alpha value is -2.96. The van der Waals surface area contributed by atoms with Gasteiger partial charge in [0.15, 0.2) is 0 Å². The van der Waals surface area contributed by atoms with Gasteiger partial charge in [0, 0.05) is 44.8 Å².